The lowest BCUT2D eigenvalue weighted by Crippen LogP contribution is -2.23. The van der Waals surface area contributed by atoms with Gasteiger partial charge in [0.25, 0.3) is 5.91 Å². The van der Waals surface area contributed by atoms with Crippen LogP contribution in [0.25, 0.3) is 11.0 Å². The molecule has 5 rings (SSSR count). The van der Waals surface area contributed by atoms with Gasteiger partial charge >= 0.3 is 0 Å². The van der Waals surface area contributed by atoms with Crippen LogP contribution in [0.3, 0.4) is 0 Å². The van der Waals surface area contributed by atoms with Crippen LogP contribution < -0.4 is 29.1 Å². The molecule has 5 aromatic rings. The highest BCUT2D eigenvalue weighted by Gasteiger charge is 2.21. The summed E-state index contributed by atoms with van der Waals surface area (Å²) < 4.78 is 42.8. The van der Waals surface area contributed by atoms with Crippen LogP contribution in [0, 0.1) is 6.92 Å². The number of carbonyl (C=O) groups excluding carboxylic acids is 1. The second kappa shape index (κ2) is 13.2. The number of aryl methyl sites for hydroxylation is 1. The SMILES string of the molecule is COc1cc(Nc2nc3ccccc3nc2N(c2cccc(NC(=O)COc3ccc(C)cc3)c2)S(=O)[O-])cc(OC)c1. The number of hydrogen-bond acceptors (Lipinski definition) is 9. The Balaban J connectivity index is 1.47. The van der Waals surface area contributed by atoms with E-state index in [-0.39, 0.29) is 23.9 Å². The van der Waals surface area contributed by atoms with E-state index in [0.717, 1.165) is 9.87 Å². The van der Waals surface area contributed by atoms with E-state index in [0.29, 0.717) is 39.7 Å². The minimum Gasteiger partial charge on any atom is -0.755 e. The molecule has 12 heteroatoms. The number of methoxy groups -OCH3 is 2. The van der Waals surface area contributed by atoms with Crippen LogP contribution in [0.15, 0.2) is 91.0 Å². The Hall–Kier alpha value is -5.20. The summed E-state index contributed by atoms with van der Waals surface area (Å²) in [6, 6.07) is 26.0. The molecule has 0 aliphatic carbocycles. The Labute approximate surface area is 250 Å². The van der Waals surface area contributed by atoms with Crippen LogP contribution in [-0.4, -0.2) is 45.5 Å². The number of anilines is 5. The first-order valence-corrected chi connectivity index (χ1v) is 14.1. The topological polar surface area (TPSA) is 138 Å². The van der Waals surface area contributed by atoms with Crippen molar-refractivity contribution in [1.82, 2.24) is 9.97 Å². The predicted octanol–water partition coefficient (Wildman–Crippen LogP) is 5.65. The summed E-state index contributed by atoms with van der Waals surface area (Å²) in [4.78, 5) is 22.0. The third kappa shape index (κ3) is 7.18. The van der Waals surface area contributed by atoms with Crippen LogP contribution in [0.4, 0.5) is 28.7 Å². The van der Waals surface area contributed by atoms with Crippen molar-refractivity contribution in [3.8, 4) is 17.2 Å². The molecule has 1 atom stereocenters. The number of amides is 1. The molecule has 0 radical (unpaired) electrons. The smallest absolute Gasteiger partial charge is 0.262 e. The van der Waals surface area contributed by atoms with Gasteiger partial charge in [-0.3, -0.25) is 13.3 Å². The maximum atomic E-state index is 12.7. The van der Waals surface area contributed by atoms with Crippen molar-refractivity contribution in [3.05, 3.63) is 96.6 Å². The van der Waals surface area contributed by atoms with E-state index >= 15 is 0 Å². The van der Waals surface area contributed by atoms with E-state index in [9.17, 15) is 13.6 Å². The minimum absolute atomic E-state index is 0.0139. The average Bonchev–Trinajstić information content (AvgIpc) is 3.01. The van der Waals surface area contributed by atoms with Gasteiger partial charge in [-0.1, -0.05) is 35.9 Å². The molecule has 1 amide bonds. The summed E-state index contributed by atoms with van der Waals surface area (Å²) >= 11 is -2.83. The molecule has 0 fully saturated rings. The summed E-state index contributed by atoms with van der Waals surface area (Å²) in [5.41, 5.74) is 3.24. The zero-order chi connectivity index (χ0) is 30.3. The number of rotatable bonds is 11. The summed E-state index contributed by atoms with van der Waals surface area (Å²) in [5, 5.41) is 5.91. The van der Waals surface area contributed by atoms with Gasteiger partial charge in [0.05, 0.1) is 42.2 Å². The van der Waals surface area contributed by atoms with Gasteiger partial charge in [-0.05, 0) is 49.4 Å². The number of para-hydroxylation sites is 2. The Bertz CT molecular complexity index is 1760. The lowest BCUT2D eigenvalue weighted by molar-refractivity contribution is -0.118. The molecule has 1 unspecified atom stereocenters. The van der Waals surface area contributed by atoms with Crippen molar-refractivity contribution in [3.63, 3.8) is 0 Å². The molecule has 2 N–H and O–H groups in total. The lowest BCUT2D eigenvalue weighted by atomic mass is 10.2. The van der Waals surface area contributed by atoms with Gasteiger partial charge in [-0.15, -0.1) is 0 Å². The van der Waals surface area contributed by atoms with E-state index < -0.39 is 17.2 Å². The van der Waals surface area contributed by atoms with Gasteiger partial charge in [0.15, 0.2) is 18.2 Å². The van der Waals surface area contributed by atoms with Crippen LogP contribution in [-0.2, 0) is 16.1 Å². The number of benzene rings is 4. The number of hydrogen-bond donors (Lipinski definition) is 2. The maximum absolute atomic E-state index is 12.7. The fourth-order valence-electron chi connectivity index (χ4n) is 4.20. The fraction of sp³-hybridized carbons (Fsp3) is 0.129. The zero-order valence-electron chi connectivity index (χ0n) is 23.6. The third-order valence-corrected chi connectivity index (χ3v) is 6.94. The molecule has 11 nitrogen and oxygen atoms in total. The fourth-order valence-corrected chi connectivity index (χ4v) is 4.76. The van der Waals surface area contributed by atoms with Gasteiger partial charge < -0.3 is 29.4 Å². The second-order valence-electron chi connectivity index (χ2n) is 9.32. The molecule has 1 heterocycles. The Morgan fingerprint density at radius 2 is 1.51 bits per heavy atom. The quantitative estimate of drug-likeness (QED) is 0.185. The number of fused-ring (bicyclic) bond motifs is 1. The van der Waals surface area contributed by atoms with E-state index in [1.165, 1.54) is 20.3 Å². The molecule has 0 spiro atoms. The number of nitrogens with one attached hydrogen (secondary N) is 2. The Morgan fingerprint density at radius 1 is 0.837 bits per heavy atom. The lowest BCUT2D eigenvalue weighted by Gasteiger charge is -2.27. The van der Waals surface area contributed by atoms with Crippen molar-refractivity contribution in [2.45, 2.75) is 6.92 Å². The molecule has 0 bridgehead atoms. The molecule has 0 saturated carbocycles. The van der Waals surface area contributed by atoms with Crippen LogP contribution in [0.5, 0.6) is 17.2 Å². The molecular weight excluding hydrogens is 570 g/mol. The molecule has 1 aromatic heterocycles. The molecule has 4 aromatic carbocycles. The zero-order valence-corrected chi connectivity index (χ0v) is 24.4. The summed E-state index contributed by atoms with van der Waals surface area (Å²) in [7, 11) is 3.06. The molecule has 0 aliphatic rings. The number of ether oxygens (including phenoxy) is 3. The number of nitrogens with zero attached hydrogens (tertiary/aromatic N) is 3. The Morgan fingerprint density at radius 3 is 2.16 bits per heavy atom. The Kier molecular flexibility index (Phi) is 8.99. The van der Waals surface area contributed by atoms with Crippen molar-refractivity contribution in [2.24, 2.45) is 0 Å². The highest BCUT2D eigenvalue weighted by molar-refractivity contribution is 7.81. The average molecular weight is 599 g/mol. The van der Waals surface area contributed by atoms with Crippen molar-refractivity contribution >= 4 is 56.9 Å². The van der Waals surface area contributed by atoms with Crippen LogP contribution in [0.2, 0.25) is 0 Å². The third-order valence-electron chi connectivity index (χ3n) is 6.26. The molecule has 0 aliphatic heterocycles. The first-order valence-electron chi connectivity index (χ1n) is 13.1. The van der Waals surface area contributed by atoms with Crippen LogP contribution >= 0.6 is 0 Å². The maximum Gasteiger partial charge on any atom is 0.262 e. The first kappa shape index (κ1) is 29.3. The minimum atomic E-state index is -2.83. The van der Waals surface area contributed by atoms with Crippen molar-refractivity contribution in [2.75, 3.05) is 35.8 Å². The molecule has 0 saturated heterocycles. The van der Waals surface area contributed by atoms with Gasteiger partial charge in [0.1, 0.15) is 17.2 Å². The molecule has 43 heavy (non-hydrogen) atoms. The summed E-state index contributed by atoms with van der Waals surface area (Å²) in [6.45, 7) is 1.74. The van der Waals surface area contributed by atoms with Crippen molar-refractivity contribution < 1.29 is 27.8 Å². The van der Waals surface area contributed by atoms with E-state index in [1.807, 2.05) is 25.1 Å². The standard InChI is InChI=1S/C31H29N5O6S/c1-20-11-13-24(14-12-20)42-19-29(37)32-21-7-6-8-23(15-21)36(43(38)39)31-30(34-27-9-4-5-10-28(27)35-31)33-22-16-25(40-2)18-26(17-22)41-3/h4-18H,19H2,1-3H3,(H,32,37)(H,33,34)(H,38,39)/p-1. The summed E-state index contributed by atoms with van der Waals surface area (Å²) in [5.74, 6) is 1.38. The van der Waals surface area contributed by atoms with E-state index in [1.54, 1.807) is 66.7 Å². The molecule has 220 valence electrons. The van der Waals surface area contributed by atoms with Crippen LogP contribution in [0.1, 0.15) is 5.56 Å². The van der Waals surface area contributed by atoms with Gasteiger partial charge in [0, 0.05) is 29.6 Å². The highest BCUT2D eigenvalue weighted by atomic mass is 32.2. The largest absolute Gasteiger partial charge is 0.755 e. The van der Waals surface area contributed by atoms with E-state index in [2.05, 4.69) is 20.6 Å². The first-order chi connectivity index (χ1) is 20.8. The number of carbonyl (C=O) groups is 1. The van der Waals surface area contributed by atoms with Gasteiger partial charge in [-0.25, -0.2) is 9.97 Å². The highest BCUT2D eigenvalue weighted by Crippen LogP contribution is 2.36. The monoisotopic (exact) mass is 598 g/mol. The van der Waals surface area contributed by atoms with E-state index in [4.69, 9.17) is 14.2 Å². The summed E-state index contributed by atoms with van der Waals surface area (Å²) in [6.07, 6.45) is 0. The van der Waals surface area contributed by atoms with Crippen molar-refractivity contribution in [1.29, 1.82) is 0 Å². The van der Waals surface area contributed by atoms with Gasteiger partial charge in [-0.2, -0.15) is 0 Å². The normalized spacial score (nSPS) is 11.4. The number of aromatic nitrogens is 2. The van der Waals surface area contributed by atoms with Gasteiger partial charge in [0.2, 0.25) is 0 Å². The molecular formula is C31H28N5O6S-. The second-order valence-corrected chi connectivity index (χ2v) is 10.1. The predicted molar refractivity (Wildman–Crippen MR) is 165 cm³/mol.